The van der Waals surface area contributed by atoms with Gasteiger partial charge in [0.1, 0.15) is 0 Å². The van der Waals surface area contributed by atoms with Crippen LogP contribution in [-0.4, -0.2) is 33.8 Å². The lowest BCUT2D eigenvalue weighted by molar-refractivity contribution is 0.375. The Bertz CT molecular complexity index is 239. The van der Waals surface area contributed by atoms with Crippen molar-refractivity contribution in [2.75, 3.05) is 25.4 Å². The van der Waals surface area contributed by atoms with Crippen molar-refractivity contribution >= 4 is 10.0 Å². The van der Waals surface area contributed by atoms with Crippen molar-refractivity contribution in [3.05, 3.63) is 0 Å². The van der Waals surface area contributed by atoms with Gasteiger partial charge in [-0.05, 0) is 24.9 Å². The zero-order chi connectivity index (χ0) is 11.2. The molecule has 0 bridgehead atoms. The van der Waals surface area contributed by atoms with Crippen LogP contribution in [0.3, 0.4) is 0 Å². The summed E-state index contributed by atoms with van der Waals surface area (Å²) < 4.78 is 21.2. The molecule has 0 aromatic heterocycles. The molecule has 0 heterocycles. The van der Waals surface area contributed by atoms with E-state index in [4.69, 9.17) is 10.9 Å². The first-order chi connectivity index (χ1) is 6.37. The van der Waals surface area contributed by atoms with E-state index in [1.807, 2.05) is 0 Å². The normalized spacial score (nSPS) is 14.6. The topological polar surface area (TPSA) is 98.2 Å². The lowest BCUT2D eigenvalue weighted by atomic mass is 9.96. The highest BCUT2D eigenvalue weighted by atomic mass is 32.2. The molecule has 6 heteroatoms. The Morgan fingerprint density at radius 2 is 1.93 bits per heavy atom. The summed E-state index contributed by atoms with van der Waals surface area (Å²) in [7, 11) is -3.34. The molecule has 0 aromatic carbocycles. The van der Waals surface area contributed by atoms with E-state index in [9.17, 15) is 8.42 Å². The maximum absolute atomic E-state index is 10.6. The van der Waals surface area contributed by atoms with Gasteiger partial charge in [0.15, 0.2) is 0 Å². The van der Waals surface area contributed by atoms with Crippen molar-refractivity contribution in [1.29, 1.82) is 0 Å². The Morgan fingerprint density at radius 1 is 1.36 bits per heavy atom. The van der Waals surface area contributed by atoms with Crippen LogP contribution in [0.4, 0.5) is 0 Å². The van der Waals surface area contributed by atoms with Crippen molar-refractivity contribution in [3.63, 3.8) is 0 Å². The second kappa shape index (κ2) is 6.34. The first-order valence-electron chi connectivity index (χ1n) is 4.78. The van der Waals surface area contributed by atoms with Crippen LogP contribution in [0.15, 0.2) is 0 Å². The molecule has 0 amide bonds. The predicted molar refractivity (Wildman–Crippen MR) is 58.2 cm³/mol. The van der Waals surface area contributed by atoms with Gasteiger partial charge >= 0.3 is 0 Å². The Hall–Kier alpha value is -0.170. The summed E-state index contributed by atoms with van der Waals surface area (Å²) in [4.78, 5) is 0. The molecule has 0 saturated carbocycles. The van der Waals surface area contributed by atoms with Gasteiger partial charge < -0.3 is 11.1 Å². The smallest absolute Gasteiger partial charge is 0.210 e. The zero-order valence-electron chi connectivity index (χ0n) is 8.86. The average Bonchev–Trinajstić information content (AvgIpc) is 2.01. The summed E-state index contributed by atoms with van der Waals surface area (Å²) >= 11 is 0. The lowest BCUT2D eigenvalue weighted by Gasteiger charge is -2.18. The van der Waals surface area contributed by atoms with Crippen molar-refractivity contribution in [2.24, 2.45) is 22.7 Å². The largest absolute Gasteiger partial charge is 0.330 e. The quantitative estimate of drug-likeness (QED) is 0.487. The van der Waals surface area contributed by atoms with E-state index in [-0.39, 0.29) is 5.75 Å². The Morgan fingerprint density at radius 3 is 2.29 bits per heavy atom. The first-order valence-corrected chi connectivity index (χ1v) is 6.49. The second-order valence-corrected chi connectivity index (χ2v) is 5.54. The fraction of sp³-hybridized carbons (Fsp3) is 1.00. The van der Waals surface area contributed by atoms with E-state index in [0.717, 1.165) is 6.54 Å². The SMILES string of the molecule is CC(C)C(CN)CNCCS(N)(=O)=O. The zero-order valence-corrected chi connectivity index (χ0v) is 9.68. The summed E-state index contributed by atoms with van der Waals surface area (Å²) in [6.45, 7) is 5.93. The summed E-state index contributed by atoms with van der Waals surface area (Å²) in [5.74, 6) is 0.861. The molecule has 0 aliphatic rings. The van der Waals surface area contributed by atoms with Crippen LogP contribution in [-0.2, 0) is 10.0 Å². The molecule has 0 aromatic rings. The third-order valence-corrected chi connectivity index (χ3v) is 2.99. The van der Waals surface area contributed by atoms with Gasteiger partial charge in [-0.3, -0.25) is 0 Å². The molecular formula is C8H21N3O2S. The molecule has 0 fully saturated rings. The molecule has 0 spiro atoms. The minimum Gasteiger partial charge on any atom is -0.330 e. The molecule has 86 valence electrons. The number of primary sulfonamides is 1. The van der Waals surface area contributed by atoms with Crippen LogP contribution in [0.1, 0.15) is 13.8 Å². The molecule has 0 aliphatic heterocycles. The van der Waals surface area contributed by atoms with Gasteiger partial charge in [-0.25, -0.2) is 13.6 Å². The number of rotatable bonds is 7. The van der Waals surface area contributed by atoms with Gasteiger partial charge in [0.2, 0.25) is 10.0 Å². The van der Waals surface area contributed by atoms with E-state index in [1.165, 1.54) is 0 Å². The van der Waals surface area contributed by atoms with Gasteiger partial charge in [0.05, 0.1) is 5.75 Å². The molecule has 0 aliphatic carbocycles. The van der Waals surface area contributed by atoms with E-state index in [0.29, 0.717) is 24.9 Å². The fourth-order valence-corrected chi connectivity index (χ4v) is 1.52. The molecule has 0 saturated heterocycles. The lowest BCUT2D eigenvalue weighted by Crippen LogP contribution is -2.35. The van der Waals surface area contributed by atoms with Crippen LogP contribution >= 0.6 is 0 Å². The molecule has 5 nitrogen and oxygen atoms in total. The summed E-state index contributed by atoms with van der Waals surface area (Å²) in [6, 6.07) is 0. The third-order valence-electron chi connectivity index (χ3n) is 2.22. The average molecular weight is 223 g/mol. The number of hydrogen-bond donors (Lipinski definition) is 3. The van der Waals surface area contributed by atoms with Crippen LogP contribution in [0.5, 0.6) is 0 Å². The number of nitrogens with one attached hydrogen (secondary N) is 1. The first kappa shape index (κ1) is 13.8. The number of hydrogen-bond acceptors (Lipinski definition) is 4. The minimum absolute atomic E-state index is 0.0254. The number of nitrogens with two attached hydrogens (primary N) is 2. The van der Waals surface area contributed by atoms with E-state index in [1.54, 1.807) is 0 Å². The van der Waals surface area contributed by atoms with Gasteiger partial charge in [-0.2, -0.15) is 0 Å². The molecule has 14 heavy (non-hydrogen) atoms. The molecule has 0 rings (SSSR count). The van der Waals surface area contributed by atoms with E-state index in [2.05, 4.69) is 19.2 Å². The maximum atomic E-state index is 10.6. The van der Waals surface area contributed by atoms with Crippen LogP contribution in [0, 0.1) is 11.8 Å². The van der Waals surface area contributed by atoms with E-state index < -0.39 is 10.0 Å². The minimum atomic E-state index is -3.34. The highest BCUT2D eigenvalue weighted by molar-refractivity contribution is 7.89. The van der Waals surface area contributed by atoms with Crippen molar-refractivity contribution in [2.45, 2.75) is 13.8 Å². The summed E-state index contributed by atoms with van der Waals surface area (Å²) in [6.07, 6.45) is 0. The maximum Gasteiger partial charge on any atom is 0.210 e. The van der Waals surface area contributed by atoms with Gasteiger partial charge in [-0.15, -0.1) is 0 Å². The van der Waals surface area contributed by atoms with Crippen molar-refractivity contribution in [3.8, 4) is 0 Å². The summed E-state index contributed by atoms with van der Waals surface area (Å²) in [5.41, 5.74) is 5.56. The van der Waals surface area contributed by atoms with Crippen molar-refractivity contribution in [1.82, 2.24) is 5.32 Å². The van der Waals surface area contributed by atoms with Gasteiger partial charge in [-0.1, -0.05) is 13.8 Å². The van der Waals surface area contributed by atoms with Crippen LogP contribution in [0.2, 0.25) is 0 Å². The molecule has 0 radical (unpaired) electrons. The molecule has 1 unspecified atom stereocenters. The standard InChI is InChI=1S/C8H21N3O2S/c1-7(2)8(5-9)6-11-3-4-14(10,12)13/h7-8,11H,3-6,9H2,1-2H3,(H2,10,12,13). The van der Waals surface area contributed by atoms with Gasteiger partial charge in [0.25, 0.3) is 0 Å². The molecule has 1 atom stereocenters. The van der Waals surface area contributed by atoms with Gasteiger partial charge in [0, 0.05) is 6.54 Å². The second-order valence-electron chi connectivity index (χ2n) is 3.81. The van der Waals surface area contributed by atoms with Crippen LogP contribution < -0.4 is 16.2 Å². The highest BCUT2D eigenvalue weighted by Crippen LogP contribution is 2.06. The van der Waals surface area contributed by atoms with Crippen LogP contribution in [0.25, 0.3) is 0 Å². The highest BCUT2D eigenvalue weighted by Gasteiger charge is 2.10. The third kappa shape index (κ3) is 7.25. The number of sulfonamides is 1. The monoisotopic (exact) mass is 223 g/mol. The Kier molecular flexibility index (Phi) is 6.26. The molecular weight excluding hydrogens is 202 g/mol. The Labute approximate surface area is 86.3 Å². The summed E-state index contributed by atoms with van der Waals surface area (Å²) in [5, 5.41) is 7.89. The molecule has 5 N–H and O–H groups in total. The van der Waals surface area contributed by atoms with Crippen molar-refractivity contribution < 1.29 is 8.42 Å². The predicted octanol–water partition coefficient (Wildman–Crippen LogP) is -0.905. The Balaban J connectivity index is 3.63. The fourth-order valence-electron chi connectivity index (χ4n) is 1.09. The van der Waals surface area contributed by atoms with E-state index >= 15 is 0 Å².